The van der Waals surface area contributed by atoms with Crippen molar-refractivity contribution in [2.75, 3.05) is 58.2 Å². The van der Waals surface area contributed by atoms with Crippen molar-refractivity contribution in [2.24, 2.45) is 0 Å². The zero-order chi connectivity index (χ0) is 30.8. The van der Waals surface area contributed by atoms with Crippen LogP contribution < -0.4 is 5.32 Å². The molecule has 3 fully saturated rings. The number of piperidine rings is 2. The zero-order valence-electron chi connectivity index (χ0n) is 25.1. The topological polar surface area (TPSA) is 88.7 Å². The Kier molecular flexibility index (Phi) is 9.99. The summed E-state index contributed by atoms with van der Waals surface area (Å²) in [6.07, 6.45) is 3.75. The van der Waals surface area contributed by atoms with E-state index < -0.39 is 11.8 Å². The average molecular weight is 753 g/mol. The normalized spacial score (nSPS) is 25.9. The second-order valence-corrected chi connectivity index (χ2v) is 14.8. The van der Waals surface area contributed by atoms with Crippen LogP contribution in [0.5, 0.6) is 0 Å². The number of nitrogens with one attached hydrogen (secondary N) is 1. The monoisotopic (exact) mass is 750 g/mol. The molecule has 5 heterocycles. The number of anilines is 1. The Balaban J connectivity index is 1.23. The third kappa shape index (κ3) is 6.59. The highest BCUT2D eigenvalue weighted by Gasteiger charge is 2.52. The van der Waals surface area contributed by atoms with Crippen molar-refractivity contribution in [3.63, 3.8) is 0 Å². The number of carbonyl (C=O) groups is 3. The fraction of sp³-hybridized carbons (Fsp3) is 0.581. The minimum atomic E-state index is -0.871. The first-order valence-electron chi connectivity index (χ1n) is 15.4. The van der Waals surface area contributed by atoms with Gasteiger partial charge in [0, 0.05) is 90.6 Å². The Labute approximate surface area is 279 Å². The molecule has 2 atom stereocenters. The molecule has 0 aliphatic carbocycles. The standard InChI is InChI=1S/C31H40Br2N6O4S/c1-35-11-13-36(14-12-35)24-4-8-37(9-5-24)31(7-15-40)17-25(38-18-23-20-44-21-28(23)34-29(38)41)6-10-39(31)30(42)43-19-22-2-3-26(32)27(33)16-22/h2-3,15-16,20-21,24-25H,4-14,17-19H2,1H3,(H,34,41)/t25-,31+/m1/s1. The summed E-state index contributed by atoms with van der Waals surface area (Å²) in [5.74, 6) is 0. The molecule has 3 saturated heterocycles. The lowest BCUT2D eigenvalue weighted by Crippen LogP contribution is -2.70. The van der Waals surface area contributed by atoms with Gasteiger partial charge in [-0.15, -0.1) is 11.3 Å². The summed E-state index contributed by atoms with van der Waals surface area (Å²) < 4.78 is 7.74. The van der Waals surface area contributed by atoms with Crippen LogP contribution in [0, 0.1) is 0 Å². The van der Waals surface area contributed by atoms with Gasteiger partial charge in [0.2, 0.25) is 0 Å². The lowest BCUT2D eigenvalue weighted by Gasteiger charge is -2.57. The predicted octanol–water partition coefficient (Wildman–Crippen LogP) is 5.42. The molecule has 6 rings (SSSR count). The largest absolute Gasteiger partial charge is 0.445 e. The van der Waals surface area contributed by atoms with Crippen molar-refractivity contribution < 1.29 is 19.1 Å². The molecular formula is C31H40Br2N6O4S. The lowest BCUT2D eigenvalue weighted by molar-refractivity contribution is -0.129. The van der Waals surface area contributed by atoms with Crippen LogP contribution in [-0.2, 0) is 22.7 Å². The summed E-state index contributed by atoms with van der Waals surface area (Å²) >= 11 is 8.60. The van der Waals surface area contributed by atoms with Gasteiger partial charge in [-0.05, 0) is 81.2 Å². The number of likely N-dealkylation sites (tertiary alicyclic amines) is 2. The minimum Gasteiger partial charge on any atom is -0.445 e. The van der Waals surface area contributed by atoms with E-state index in [1.54, 1.807) is 16.2 Å². The molecule has 44 heavy (non-hydrogen) atoms. The second-order valence-electron chi connectivity index (χ2n) is 12.4. The van der Waals surface area contributed by atoms with E-state index in [1.807, 2.05) is 28.5 Å². The maximum atomic E-state index is 13.9. The molecule has 0 unspecified atom stereocenters. The maximum Gasteiger partial charge on any atom is 0.411 e. The molecule has 0 bridgehead atoms. The number of piperazine rings is 1. The summed E-state index contributed by atoms with van der Waals surface area (Å²) in [5.41, 5.74) is 1.98. The first-order chi connectivity index (χ1) is 21.3. The fourth-order valence-corrected chi connectivity index (χ4v) is 8.79. The molecule has 0 saturated carbocycles. The molecule has 0 radical (unpaired) electrons. The van der Waals surface area contributed by atoms with E-state index in [-0.39, 0.29) is 25.1 Å². The molecule has 0 spiro atoms. The zero-order valence-corrected chi connectivity index (χ0v) is 29.0. The third-order valence-electron chi connectivity index (χ3n) is 9.86. The van der Waals surface area contributed by atoms with Gasteiger partial charge in [0.1, 0.15) is 18.6 Å². The molecule has 2 aromatic rings. The average Bonchev–Trinajstić information content (AvgIpc) is 3.49. The molecule has 4 aliphatic rings. The molecule has 1 N–H and O–H groups in total. The van der Waals surface area contributed by atoms with E-state index in [0.717, 1.165) is 84.2 Å². The maximum absolute atomic E-state index is 13.9. The van der Waals surface area contributed by atoms with Crippen molar-refractivity contribution in [2.45, 2.75) is 63.0 Å². The number of benzene rings is 1. The van der Waals surface area contributed by atoms with E-state index in [4.69, 9.17) is 4.74 Å². The van der Waals surface area contributed by atoms with Crippen LogP contribution in [0.25, 0.3) is 0 Å². The molecule has 3 amide bonds. The van der Waals surface area contributed by atoms with Gasteiger partial charge in [0.05, 0.1) is 12.2 Å². The molecule has 4 aliphatic heterocycles. The lowest BCUT2D eigenvalue weighted by atomic mass is 9.84. The van der Waals surface area contributed by atoms with Gasteiger partial charge < -0.3 is 24.6 Å². The highest BCUT2D eigenvalue weighted by molar-refractivity contribution is 9.13. The Morgan fingerprint density at radius 3 is 2.52 bits per heavy atom. The third-order valence-corrected chi connectivity index (χ3v) is 12.5. The number of hydrogen-bond donors (Lipinski definition) is 1. The van der Waals surface area contributed by atoms with Crippen molar-refractivity contribution in [3.05, 3.63) is 49.0 Å². The van der Waals surface area contributed by atoms with Gasteiger partial charge in [0.15, 0.2) is 0 Å². The highest BCUT2D eigenvalue weighted by atomic mass is 79.9. The van der Waals surface area contributed by atoms with Crippen molar-refractivity contribution in [1.82, 2.24) is 24.5 Å². The second kappa shape index (κ2) is 13.8. The van der Waals surface area contributed by atoms with Crippen LogP contribution in [0.4, 0.5) is 15.3 Å². The first kappa shape index (κ1) is 31.9. The van der Waals surface area contributed by atoms with Crippen molar-refractivity contribution in [1.29, 1.82) is 0 Å². The van der Waals surface area contributed by atoms with Crippen LogP contribution in [0.2, 0.25) is 0 Å². The number of ether oxygens (including phenoxy) is 1. The minimum absolute atomic E-state index is 0.119. The molecule has 1 aromatic carbocycles. The van der Waals surface area contributed by atoms with Crippen molar-refractivity contribution in [3.8, 4) is 0 Å². The van der Waals surface area contributed by atoms with E-state index in [2.05, 4.69) is 64.3 Å². The van der Waals surface area contributed by atoms with E-state index in [1.165, 1.54) is 0 Å². The van der Waals surface area contributed by atoms with Gasteiger partial charge in [0.25, 0.3) is 0 Å². The summed E-state index contributed by atoms with van der Waals surface area (Å²) in [4.78, 5) is 50.6. The Hall–Kier alpha value is -2.03. The molecule has 1 aromatic heterocycles. The molecule has 13 heteroatoms. The van der Waals surface area contributed by atoms with E-state index in [9.17, 15) is 14.4 Å². The van der Waals surface area contributed by atoms with Crippen LogP contribution in [0.3, 0.4) is 0 Å². The number of thiophene rings is 1. The number of fused-ring (bicyclic) bond motifs is 1. The fourth-order valence-electron chi connectivity index (χ4n) is 7.34. The number of amides is 3. The van der Waals surface area contributed by atoms with Crippen molar-refractivity contribution >= 4 is 67.3 Å². The molecule has 10 nitrogen and oxygen atoms in total. The number of aldehydes is 1. The number of rotatable bonds is 7. The summed E-state index contributed by atoms with van der Waals surface area (Å²) in [6.45, 7) is 6.92. The van der Waals surface area contributed by atoms with Gasteiger partial charge in [-0.3, -0.25) is 14.7 Å². The van der Waals surface area contributed by atoms with Crippen LogP contribution in [0.15, 0.2) is 37.9 Å². The van der Waals surface area contributed by atoms with Crippen LogP contribution in [-0.4, -0.2) is 114 Å². The van der Waals surface area contributed by atoms with E-state index >= 15 is 0 Å². The molecule has 238 valence electrons. The van der Waals surface area contributed by atoms with Gasteiger partial charge in [-0.25, -0.2) is 9.59 Å². The van der Waals surface area contributed by atoms with Crippen LogP contribution >= 0.6 is 43.2 Å². The summed E-state index contributed by atoms with van der Waals surface area (Å²) in [5, 5.41) is 7.09. The first-order valence-corrected chi connectivity index (χ1v) is 17.9. The smallest absolute Gasteiger partial charge is 0.411 e. The highest BCUT2D eigenvalue weighted by Crippen LogP contribution is 2.41. The number of likely N-dealkylation sites (N-methyl/N-ethyl adjacent to an activating group) is 1. The Morgan fingerprint density at radius 1 is 1.05 bits per heavy atom. The Morgan fingerprint density at radius 2 is 1.80 bits per heavy atom. The van der Waals surface area contributed by atoms with Gasteiger partial charge >= 0.3 is 12.1 Å². The number of urea groups is 1. The van der Waals surface area contributed by atoms with Gasteiger partial charge in [-0.2, -0.15) is 0 Å². The quantitative estimate of drug-likeness (QED) is 0.379. The Bertz CT molecular complexity index is 1360. The number of carbonyl (C=O) groups excluding carboxylic acids is 3. The van der Waals surface area contributed by atoms with Crippen LogP contribution in [0.1, 0.15) is 43.2 Å². The van der Waals surface area contributed by atoms with Gasteiger partial charge in [-0.1, -0.05) is 6.07 Å². The summed E-state index contributed by atoms with van der Waals surface area (Å²) in [7, 11) is 2.17. The predicted molar refractivity (Wildman–Crippen MR) is 178 cm³/mol. The number of hydrogen-bond acceptors (Lipinski definition) is 8. The number of nitrogens with zero attached hydrogens (tertiary/aromatic N) is 5. The number of halogens is 2. The summed E-state index contributed by atoms with van der Waals surface area (Å²) in [6, 6.07) is 6.02. The van der Waals surface area contributed by atoms with E-state index in [0.29, 0.717) is 32.0 Å². The SMILES string of the molecule is CN1CCN(C2CCN([C@]3(CC=O)C[C@H](N4Cc5cscc5NC4=O)CCN3C(=O)OCc3ccc(Br)c(Br)c3)CC2)CC1. The molecular weight excluding hydrogens is 712 g/mol.